The van der Waals surface area contributed by atoms with Crippen LogP contribution in [0.2, 0.25) is 0 Å². The first-order valence-corrected chi connectivity index (χ1v) is 8.44. The van der Waals surface area contributed by atoms with Gasteiger partial charge in [0.2, 0.25) is 5.91 Å². The molecule has 0 heterocycles. The van der Waals surface area contributed by atoms with Crippen LogP contribution in [0.1, 0.15) is 57.1 Å². The van der Waals surface area contributed by atoms with Gasteiger partial charge in [-0.2, -0.15) is 0 Å². The lowest BCUT2D eigenvalue weighted by molar-refractivity contribution is -0.138. The van der Waals surface area contributed by atoms with E-state index < -0.39 is 0 Å². The Morgan fingerprint density at radius 3 is 2.52 bits per heavy atom. The van der Waals surface area contributed by atoms with Crippen LogP contribution in [0.3, 0.4) is 0 Å². The summed E-state index contributed by atoms with van der Waals surface area (Å²) < 4.78 is 5.99. The summed E-state index contributed by atoms with van der Waals surface area (Å²) >= 11 is 0. The van der Waals surface area contributed by atoms with Crippen LogP contribution in [-0.2, 0) is 9.53 Å². The monoisotopic (exact) mass is 340 g/mol. The largest absolute Gasteiger partial charge is 0.365 e. The van der Waals surface area contributed by atoms with Gasteiger partial charge in [-0.3, -0.25) is 4.79 Å². The average molecular weight is 341 g/mol. The number of hydrogen-bond acceptors (Lipinski definition) is 3. The molecule has 1 aliphatic rings. The van der Waals surface area contributed by atoms with Gasteiger partial charge in [0, 0.05) is 12.6 Å². The Labute approximate surface area is 145 Å². The second-order valence-electron chi connectivity index (χ2n) is 6.06. The number of ether oxygens (including phenoxy) is 1. The molecule has 0 radical (unpaired) electrons. The van der Waals surface area contributed by atoms with Crippen LogP contribution >= 0.6 is 12.4 Å². The maximum absolute atomic E-state index is 12.3. The predicted octanol–water partition coefficient (Wildman–Crippen LogP) is 3.35. The quantitative estimate of drug-likeness (QED) is 0.800. The molecule has 1 fully saturated rings. The van der Waals surface area contributed by atoms with E-state index >= 15 is 0 Å². The number of benzene rings is 1. The molecular weight excluding hydrogens is 312 g/mol. The van der Waals surface area contributed by atoms with E-state index in [0.717, 1.165) is 18.4 Å². The van der Waals surface area contributed by atoms with Gasteiger partial charge in [-0.05, 0) is 24.8 Å². The number of rotatable bonds is 7. The third-order valence-corrected chi connectivity index (χ3v) is 4.30. The maximum Gasteiger partial charge on any atom is 0.249 e. The van der Waals surface area contributed by atoms with E-state index in [9.17, 15) is 4.79 Å². The topological polar surface area (TPSA) is 64.3 Å². The van der Waals surface area contributed by atoms with Crippen LogP contribution in [-0.4, -0.2) is 24.7 Å². The van der Waals surface area contributed by atoms with Crippen molar-refractivity contribution in [3.05, 3.63) is 35.9 Å². The highest BCUT2D eigenvalue weighted by Gasteiger charge is 2.23. The van der Waals surface area contributed by atoms with E-state index in [0.29, 0.717) is 13.0 Å². The molecule has 3 N–H and O–H groups in total. The van der Waals surface area contributed by atoms with Crippen molar-refractivity contribution in [3.8, 4) is 0 Å². The van der Waals surface area contributed by atoms with Crippen molar-refractivity contribution in [2.75, 3.05) is 6.54 Å². The first kappa shape index (κ1) is 19.9. The summed E-state index contributed by atoms with van der Waals surface area (Å²) in [6.07, 6.45) is 6.44. The van der Waals surface area contributed by atoms with Gasteiger partial charge < -0.3 is 15.8 Å². The third kappa shape index (κ3) is 6.50. The van der Waals surface area contributed by atoms with Crippen molar-refractivity contribution in [1.29, 1.82) is 0 Å². The smallest absolute Gasteiger partial charge is 0.249 e. The van der Waals surface area contributed by atoms with Gasteiger partial charge in [0.25, 0.3) is 0 Å². The Morgan fingerprint density at radius 1 is 1.26 bits per heavy atom. The van der Waals surface area contributed by atoms with E-state index in [-0.39, 0.29) is 36.6 Å². The fourth-order valence-electron chi connectivity index (χ4n) is 2.92. The molecule has 0 aromatic heterocycles. The molecule has 0 spiro atoms. The molecule has 1 aromatic carbocycles. The number of amides is 1. The van der Waals surface area contributed by atoms with Gasteiger partial charge in [-0.15, -0.1) is 12.4 Å². The molecule has 0 bridgehead atoms. The molecule has 5 heteroatoms. The summed E-state index contributed by atoms with van der Waals surface area (Å²) in [5, 5.41) is 2.93. The molecule has 1 aliphatic carbocycles. The summed E-state index contributed by atoms with van der Waals surface area (Å²) in [4.78, 5) is 12.3. The fraction of sp³-hybridized carbons (Fsp3) is 0.611. The minimum Gasteiger partial charge on any atom is -0.365 e. The van der Waals surface area contributed by atoms with Gasteiger partial charge >= 0.3 is 0 Å². The van der Waals surface area contributed by atoms with Crippen LogP contribution in [0.15, 0.2) is 30.3 Å². The van der Waals surface area contributed by atoms with Crippen molar-refractivity contribution in [1.82, 2.24) is 5.32 Å². The number of hydrogen-bond donors (Lipinski definition) is 2. The van der Waals surface area contributed by atoms with Crippen molar-refractivity contribution in [2.24, 2.45) is 5.73 Å². The number of nitrogens with two attached hydrogens (primary N) is 1. The number of nitrogens with one attached hydrogen (secondary N) is 1. The Kier molecular flexibility index (Phi) is 9.22. The highest BCUT2D eigenvalue weighted by Crippen LogP contribution is 2.22. The molecule has 2 rings (SSSR count). The SMILES string of the molecule is CCC(OC1CCCCC1)C(=O)NCC(N)c1ccccc1.Cl. The van der Waals surface area contributed by atoms with Crippen LogP contribution in [0.4, 0.5) is 0 Å². The van der Waals surface area contributed by atoms with E-state index in [1.807, 2.05) is 37.3 Å². The molecule has 4 nitrogen and oxygen atoms in total. The maximum atomic E-state index is 12.3. The summed E-state index contributed by atoms with van der Waals surface area (Å²) in [6.45, 7) is 2.43. The summed E-state index contributed by atoms with van der Waals surface area (Å²) in [5.41, 5.74) is 7.15. The molecule has 1 saturated carbocycles. The van der Waals surface area contributed by atoms with Gasteiger partial charge in [0.1, 0.15) is 6.10 Å². The first-order chi connectivity index (χ1) is 10.7. The molecule has 1 amide bonds. The third-order valence-electron chi connectivity index (χ3n) is 4.30. The molecule has 1 aromatic rings. The fourth-order valence-corrected chi connectivity index (χ4v) is 2.92. The zero-order valence-electron chi connectivity index (χ0n) is 13.9. The molecule has 2 unspecified atom stereocenters. The van der Waals surface area contributed by atoms with Crippen molar-refractivity contribution in [3.63, 3.8) is 0 Å². The lowest BCUT2D eigenvalue weighted by atomic mass is 9.97. The minimum atomic E-state index is -0.355. The average Bonchev–Trinajstić information content (AvgIpc) is 2.59. The van der Waals surface area contributed by atoms with Crippen LogP contribution in [0.25, 0.3) is 0 Å². The van der Waals surface area contributed by atoms with E-state index in [1.165, 1.54) is 19.3 Å². The number of carbonyl (C=O) groups excluding carboxylic acids is 1. The van der Waals surface area contributed by atoms with Crippen molar-refractivity contribution >= 4 is 18.3 Å². The predicted molar refractivity (Wildman–Crippen MR) is 95.7 cm³/mol. The second kappa shape index (κ2) is 10.6. The van der Waals surface area contributed by atoms with Crippen LogP contribution in [0, 0.1) is 0 Å². The number of carbonyl (C=O) groups is 1. The summed E-state index contributed by atoms with van der Waals surface area (Å²) in [6, 6.07) is 9.65. The molecule has 2 atom stereocenters. The Balaban J connectivity index is 0.00000264. The highest BCUT2D eigenvalue weighted by atomic mass is 35.5. The van der Waals surface area contributed by atoms with Crippen LogP contribution < -0.4 is 11.1 Å². The van der Waals surface area contributed by atoms with Gasteiger partial charge in [-0.25, -0.2) is 0 Å². The molecule has 0 aliphatic heterocycles. The van der Waals surface area contributed by atoms with Gasteiger partial charge in [0.05, 0.1) is 6.10 Å². The Bertz CT molecular complexity index is 450. The molecule has 23 heavy (non-hydrogen) atoms. The van der Waals surface area contributed by atoms with Crippen molar-refractivity contribution in [2.45, 2.75) is 63.7 Å². The van der Waals surface area contributed by atoms with E-state index in [4.69, 9.17) is 10.5 Å². The zero-order chi connectivity index (χ0) is 15.8. The van der Waals surface area contributed by atoms with Crippen LogP contribution in [0.5, 0.6) is 0 Å². The minimum absolute atomic E-state index is 0. The number of halogens is 1. The molecular formula is C18H29ClN2O2. The normalized spacial score (nSPS) is 17.8. The highest BCUT2D eigenvalue weighted by molar-refractivity contribution is 5.85. The Hall–Kier alpha value is -1.10. The molecule has 0 saturated heterocycles. The lowest BCUT2D eigenvalue weighted by Crippen LogP contribution is -2.41. The van der Waals surface area contributed by atoms with Gasteiger partial charge in [-0.1, -0.05) is 56.5 Å². The standard InChI is InChI=1S/C18H28N2O2.ClH/c1-2-17(22-15-11-7-4-8-12-15)18(21)20-13-16(19)14-9-5-3-6-10-14;/h3,5-6,9-10,15-17H,2,4,7-8,11-13,19H2,1H3,(H,20,21);1H. The van der Waals surface area contributed by atoms with Gasteiger partial charge in [0.15, 0.2) is 0 Å². The molecule has 130 valence electrons. The second-order valence-corrected chi connectivity index (χ2v) is 6.06. The first-order valence-electron chi connectivity index (χ1n) is 8.44. The lowest BCUT2D eigenvalue weighted by Gasteiger charge is -2.26. The van der Waals surface area contributed by atoms with E-state index in [2.05, 4.69) is 5.32 Å². The summed E-state index contributed by atoms with van der Waals surface area (Å²) in [7, 11) is 0. The van der Waals surface area contributed by atoms with E-state index in [1.54, 1.807) is 0 Å². The summed E-state index contributed by atoms with van der Waals surface area (Å²) in [5.74, 6) is -0.0422. The zero-order valence-corrected chi connectivity index (χ0v) is 14.7. The van der Waals surface area contributed by atoms with Crippen molar-refractivity contribution < 1.29 is 9.53 Å². The Morgan fingerprint density at radius 2 is 1.91 bits per heavy atom.